The first-order valence-electron chi connectivity index (χ1n) is 8.19. The first kappa shape index (κ1) is 17.0. The van der Waals surface area contributed by atoms with Gasteiger partial charge in [0.25, 0.3) is 0 Å². The molecule has 2 rings (SSSR count). The molecular weight excluding hydrogens is 276 g/mol. The lowest BCUT2D eigenvalue weighted by Gasteiger charge is -2.35. The van der Waals surface area contributed by atoms with Gasteiger partial charge in [0.05, 0.1) is 6.54 Å². The summed E-state index contributed by atoms with van der Waals surface area (Å²) in [7, 11) is 4.22. The van der Waals surface area contributed by atoms with Crippen molar-refractivity contribution in [2.24, 2.45) is 0 Å². The number of aromatic nitrogens is 2. The molecule has 0 bridgehead atoms. The molecule has 0 aromatic carbocycles. The number of carbonyl (C=O) groups is 1. The molecule has 0 N–H and O–H groups in total. The molecular formula is C17H28N4O. The van der Waals surface area contributed by atoms with Gasteiger partial charge in [-0.15, -0.1) is 0 Å². The van der Waals surface area contributed by atoms with Crippen LogP contribution in [0, 0.1) is 0 Å². The fourth-order valence-electron chi connectivity index (χ4n) is 3.34. The second kappa shape index (κ2) is 8.34. The van der Waals surface area contributed by atoms with E-state index >= 15 is 0 Å². The molecule has 1 aromatic rings. The Morgan fingerprint density at radius 1 is 1.14 bits per heavy atom. The molecule has 22 heavy (non-hydrogen) atoms. The molecule has 1 aliphatic carbocycles. The summed E-state index contributed by atoms with van der Waals surface area (Å²) < 4.78 is 0. The number of carbonyl (C=O) groups excluding carboxylic acids is 1. The summed E-state index contributed by atoms with van der Waals surface area (Å²) in [5, 5.41) is 0. The fourth-order valence-corrected chi connectivity index (χ4v) is 3.34. The van der Waals surface area contributed by atoms with Gasteiger partial charge in [-0.25, -0.2) is 9.97 Å². The molecule has 5 heteroatoms. The Kier molecular flexibility index (Phi) is 6.46. The number of likely N-dealkylation sites (N-methyl/N-ethyl adjacent to an activating group) is 2. The third-order valence-electron chi connectivity index (χ3n) is 4.70. The number of hydrogen-bond acceptors (Lipinski definition) is 5. The van der Waals surface area contributed by atoms with Crippen LogP contribution >= 0.6 is 0 Å². The zero-order valence-corrected chi connectivity index (χ0v) is 14.0. The number of nitrogens with zero attached hydrogens (tertiary/aromatic N) is 4. The van der Waals surface area contributed by atoms with E-state index in [4.69, 9.17) is 0 Å². The largest absolute Gasteiger partial charge is 0.302 e. The van der Waals surface area contributed by atoms with Gasteiger partial charge in [0.2, 0.25) is 0 Å². The van der Waals surface area contributed by atoms with E-state index in [1.54, 1.807) is 13.3 Å². The SMILES string of the molecule is CC(=O)CN(C)CCN(C)C1CCC(c2cncnc2)CC1. The van der Waals surface area contributed by atoms with Gasteiger partial charge in [-0.1, -0.05) is 0 Å². The van der Waals surface area contributed by atoms with E-state index in [1.807, 2.05) is 19.4 Å². The molecule has 0 saturated heterocycles. The van der Waals surface area contributed by atoms with Gasteiger partial charge in [-0.2, -0.15) is 0 Å². The lowest BCUT2D eigenvalue weighted by atomic mass is 9.82. The van der Waals surface area contributed by atoms with Crippen molar-refractivity contribution >= 4 is 5.78 Å². The first-order chi connectivity index (χ1) is 10.6. The van der Waals surface area contributed by atoms with E-state index in [-0.39, 0.29) is 5.78 Å². The molecule has 1 aromatic heterocycles. The quantitative estimate of drug-likeness (QED) is 0.770. The Balaban J connectivity index is 1.73. The zero-order chi connectivity index (χ0) is 15.9. The third kappa shape index (κ3) is 5.14. The molecule has 0 atom stereocenters. The minimum absolute atomic E-state index is 0.232. The van der Waals surface area contributed by atoms with Crippen LogP contribution in [0.2, 0.25) is 0 Å². The smallest absolute Gasteiger partial charge is 0.143 e. The first-order valence-corrected chi connectivity index (χ1v) is 8.19. The van der Waals surface area contributed by atoms with E-state index < -0.39 is 0 Å². The van der Waals surface area contributed by atoms with Crippen molar-refractivity contribution in [2.45, 2.75) is 44.6 Å². The Bertz CT molecular complexity index is 457. The van der Waals surface area contributed by atoms with Crippen LogP contribution < -0.4 is 0 Å². The normalized spacial score (nSPS) is 22.2. The number of Topliss-reactive ketones (excluding diaryl/α,β-unsaturated/α-hetero) is 1. The maximum Gasteiger partial charge on any atom is 0.143 e. The molecule has 1 heterocycles. The summed E-state index contributed by atoms with van der Waals surface area (Å²) in [6.45, 7) is 4.17. The summed E-state index contributed by atoms with van der Waals surface area (Å²) in [5.41, 5.74) is 1.28. The Labute approximate surface area is 133 Å². The molecule has 1 fully saturated rings. The van der Waals surface area contributed by atoms with Gasteiger partial charge < -0.3 is 4.90 Å². The van der Waals surface area contributed by atoms with Crippen LogP contribution in [0.15, 0.2) is 18.7 Å². The van der Waals surface area contributed by atoms with Crippen molar-refractivity contribution in [3.63, 3.8) is 0 Å². The van der Waals surface area contributed by atoms with Gasteiger partial charge in [0.1, 0.15) is 12.1 Å². The Morgan fingerprint density at radius 3 is 2.36 bits per heavy atom. The molecule has 5 nitrogen and oxygen atoms in total. The monoisotopic (exact) mass is 304 g/mol. The van der Waals surface area contributed by atoms with Gasteiger partial charge in [-0.3, -0.25) is 9.69 Å². The van der Waals surface area contributed by atoms with Crippen LogP contribution in [-0.2, 0) is 4.79 Å². The van der Waals surface area contributed by atoms with Gasteiger partial charge in [0.15, 0.2) is 0 Å². The lowest BCUT2D eigenvalue weighted by Crippen LogP contribution is -2.40. The van der Waals surface area contributed by atoms with Crippen molar-refractivity contribution in [2.75, 3.05) is 33.7 Å². The summed E-state index contributed by atoms with van der Waals surface area (Å²) in [4.78, 5) is 23.9. The Hall–Kier alpha value is -1.33. The van der Waals surface area contributed by atoms with E-state index in [0.29, 0.717) is 18.5 Å². The van der Waals surface area contributed by atoms with Crippen LogP contribution in [0.4, 0.5) is 0 Å². The van der Waals surface area contributed by atoms with Gasteiger partial charge >= 0.3 is 0 Å². The van der Waals surface area contributed by atoms with Crippen LogP contribution in [0.1, 0.15) is 44.1 Å². The van der Waals surface area contributed by atoms with Crippen LogP contribution in [0.5, 0.6) is 0 Å². The van der Waals surface area contributed by atoms with Crippen molar-refractivity contribution in [3.05, 3.63) is 24.3 Å². The maximum absolute atomic E-state index is 11.1. The minimum atomic E-state index is 0.232. The highest BCUT2D eigenvalue weighted by Crippen LogP contribution is 2.33. The van der Waals surface area contributed by atoms with Crippen molar-refractivity contribution in [1.82, 2.24) is 19.8 Å². The molecule has 0 radical (unpaired) electrons. The lowest BCUT2D eigenvalue weighted by molar-refractivity contribution is -0.117. The number of hydrogen-bond donors (Lipinski definition) is 0. The summed E-state index contributed by atoms with van der Waals surface area (Å²) in [6.07, 6.45) is 10.4. The van der Waals surface area contributed by atoms with E-state index in [9.17, 15) is 4.79 Å². The van der Waals surface area contributed by atoms with Crippen LogP contribution in [0.25, 0.3) is 0 Å². The highest BCUT2D eigenvalue weighted by Gasteiger charge is 2.25. The third-order valence-corrected chi connectivity index (χ3v) is 4.70. The molecule has 0 amide bonds. The second-order valence-corrected chi connectivity index (χ2v) is 6.60. The molecule has 0 spiro atoms. The average molecular weight is 304 g/mol. The average Bonchev–Trinajstić information content (AvgIpc) is 2.53. The Morgan fingerprint density at radius 2 is 1.77 bits per heavy atom. The van der Waals surface area contributed by atoms with Gasteiger partial charge in [0, 0.05) is 31.5 Å². The summed E-state index contributed by atoms with van der Waals surface area (Å²) in [6, 6.07) is 0.659. The minimum Gasteiger partial charge on any atom is -0.302 e. The molecule has 0 unspecified atom stereocenters. The predicted octanol–water partition coefficient (Wildman–Crippen LogP) is 1.96. The molecule has 1 saturated carbocycles. The van der Waals surface area contributed by atoms with E-state index in [2.05, 4.69) is 26.8 Å². The molecule has 122 valence electrons. The second-order valence-electron chi connectivity index (χ2n) is 6.60. The zero-order valence-electron chi connectivity index (χ0n) is 14.0. The van der Waals surface area contributed by atoms with E-state index in [1.165, 1.54) is 31.2 Å². The van der Waals surface area contributed by atoms with Crippen molar-refractivity contribution in [3.8, 4) is 0 Å². The highest BCUT2D eigenvalue weighted by molar-refractivity contribution is 5.77. The topological polar surface area (TPSA) is 49.3 Å². The van der Waals surface area contributed by atoms with Crippen molar-refractivity contribution < 1.29 is 4.79 Å². The standard InChI is InChI=1S/C17H28N4O/c1-14(22)12-20(2)8-9-21(3)17-6-4-15(5-7-17)16-10-18-13-19-11-16/h10-11,13,15,17H,4-9,12H2,1-3H3. The summed E-state index contributed by atoms with van der Waals surface area (Å²) in [5.74, 6) is 0.849. The predicted molar refractivity (Wildman–Crippen MR) is 87.8 cm³/mol. The van der Waals surface area contributed by atoms with Crippen LogP contribution in [-0.4, -0.2) is 65.3 Å². The van der Waals surface area contributed by atoms with Crippen LogP contribution in [0.3, 0.4) is 0 Å². The molecule has 0 aliphatic heterocycles. The van der Waals surface area contributed by atoms with E-state index in [0.717, 1.165) is 13.1 Å². The number of rotatable bonds is 7. The fraction of sp³-hybridized carbons (Fsp3) is 0.706. The highest BCUT2D eigenvalue weighted by atomic mass is 16.1. The van der Waals surface area contributed by atoms with Crippen molar-refractivity contribution in [1.29, 1.82) is 0 Å². The summed E-state index contributed by atoms with van der Waals surface area (Å²) >= 11 is 0. The molecule has 1 aliphatic rings. The van der Waals surface area contributed by atoms with Gasteiger partial charge in [-0.05, 0) is 58.2 Å². The number of ketones is 1. The maximum atomic E-state index is 11.1.